The third-order valence-corrected chi connectivity index (χ3v) is 5.66. The zero-order valence-electron chi connectivity index (χ0n) is 11.7. The van der Waals surface area contributed by atoms with Crippen molar-refractivity contribution in [2.45, 2.75) is 39.9 Å². The van der Waals surface area contributed by atoms with Crippen LogP contribution in [0.1, 0.15) is 39.4 Å². The number of rotatable bonds is 2. The Bertz CT molecular complexity index is 487. The molecule has 1 aromatic rings. The van der Waals surface area contributed by atoms with Gasteiger partial charge >= 0.3 is 0 Å². The first-order valence-electron chi connectivity index (χ1n) is 6.48. The van der Waals surface area contributed by atoms with Crippen molar-refractivity contribution in [1.29, 1.82) is 0 Å². The summed E-state index contributed by atoms with van der Waals surface area (Å²) in [5.41, 5.74) is -1.47. The molecule has 19 heavy (non-hydrogen) atoms. The summed E-state index contributed by atoms with van der Waals surface area (Å²) < 4.78 is 12.0. The van der Waals surface area contributed by atoms with Crippen molar-refractivity contribution < 1.29 is 9.05 Å². The van der Waals surface area contributed by atoms with E-state index in [1.807, 2.05) is 18.2 Å². The summed E-state index contributed by atoms with van der Waals surface area (Å²) in [5.74, 6) is 0.375. The van der Waals surface area contributed by atoms with E-state index in [2.05, 4.69) is 52.1 Å². The zero-order chi connectivity index (χ0) is 14.3. The van der Waals surface area contributed by atoms with Crippen LogP contribution in [0.25, 0.3) is 0 Å². The van der Waals surface area contributed by atoms with E-state index in [1.54, 1.807) is 0 Å². The predicted octanol–water partition coefficient (Wildman–Crippen LogP) is 4.98. The smallest absolute Gasteiger partial charge is 0.245 e. The van der Waals surface area contributed by atoms with E-state index in [0.29, 0.717) is 5.92 Å². The number of thiol groups is 1. The molecule has 1 fully saturated rings. The van der Waals surface area contributed by atoms with Crippen LogP contribution in [0.2, 0.25) is 0 Å². The molecular formula is C14H21O2PS2. The van der Waals surface area contributed by atoms with E-state index < -0.39 is 5.69 Å². The lowest BCUT2D eigenvalue weighted by Crippen LogP contribution is -2.44. The molecule has 3 unspecified atom stereocenters. The van der Waals surface area contributed by atoms with E-state index in [4.69, 9.17) is 20.9 Å². The Hall–Kier alpha value is 0.140. The highest BCUT2D eigenvalue weighted by molar-refractivity contribution is 8.60. The van der Waals surface area contributed by atoms with Crippen LogP contribution in [0.3, 0.4) is 0 Å². The number of hydrogen-bond donors (Lipinski definition) is 1. The van der Waals surface area contributed by atoms with Gasteiger partial charge in [0.25, 0.3) is 0 Å². The molecule has 3 atom stereocenters. The van der Waals surface area contributed by atoms with Crippen molar-refractivity contribution in [2.24, 2.45) is 11.3 Å². The van der Waals surface area contributed by atoms with Gasteiger partial charge in [-0.25, -0.2) is 0 Å². The van der Waals surface area contributed by atoms with E-state index in [0.717, 1.165) is 5.56 Å². The molecule has 106 valence electrons. The highest BCUT2D eigenvalue weighted by Gasteiger charge is 2.49. The van der Waals surface area contributed by atoms with E-state index in [1.165, 1.54) is 0 Å². The lowest BCUT2D eigenvalue weighted by Gasteiger charge is -2.49. The Balaban J connectivity index is 2.43. The molecule has 0 spiro atoms. The first kappa shape index (κ1) is 15.5. The third kappa shape index (κ3) is 3.25. The maximum Gasteiger partial charge on any atom is 0.245 e. The highest BCUT2D eigenvalue weighted by atomic mass is 32.9. The molecule has 0 amide bonds. The van der Waals surface area contributed by atoms with Crippen molar-refractivity contribution >= 4 is 29.7 Å². The molecule has 2 rings (SSSR count). The lowest BCUT2D eigenvalue weighted by molar-refractivity contribution is -0.0814. The second kappa shape index (κ2) is 5.50. The van der Waals surface area contributed by atoms with Gasteiger partial charge in [-0.3, -0.25) is 0 Å². The Labute approximate surface area is 126 Å². The third-order valence-electron chi connectivity index (χ3n) is 3.60. The second-order valence-electron chi connectivity index (χ2n) is 5.96. The van der Waals surface area contributed by atoms with Gasteiger partial charge in [0.15, 0.2) is 0 Å². The summed E-state index contributed by atoms with van der Waals surface area (Å²) in [6.07, 6.45) is -0.0204. The van der Waals surface area contributed by atoms with Gasteiger partial charge in [0.05, 0.1) is 12.2 Å². The molecule has 0 aliphatic carbocycles. The fraction of sp³-hybridized carbons (Fsp3) is 0.571. The molecule has 2 nitrogen and oxygen atoms in total. The van der Waals surface area contributed by atoms with E-state index in [9.17, 15) is 0 Å². The molecule has 0 radical (unpaired) electrons. The van der Waals surface area contributed by atoms with Crippen LogP contribution in [0.5, 0.6) is 0 Å². The fourth-order valence-corrected chi connectivity index (χ4v) is 5.46. The van der Waals surface area contributed by atoms with Gasteiger partial charge in [0.2, 0.25) is 5.69 Å². The van der Waals surface area contributed by atoms with Crippen molar-refractivity contribution in [3.05, 3.63) is 35.9 Å². The first-order valence-corrected chi connectivity index (χ1v) is 10.3. The fourth-order valence-electron chi connectivity index (χ4n) is 2.82. The number of benzene rings is 1. The molecule has 1 saturated heterocycles. The Morgan fingerprint density at radius 3 is 2.32 bits per heavy atom. The summed E-state index contributed by atoms with van der Waals surface area (Å²) in [6, 6.07) is 10.2. The Morgan fingerprint density at radius 2 is 1.79 bits per heavy atom. The standard InChI is InChI=1S/C14H21O2PS2/c1-10(2)12-14(3,4)13(16-17(18,19)15-12)11-8-6-5-7-9-11/h5-10,12-13H,1-4H3,(H,18,19). The van der Waals surface area contributed by atoms with Gasteiger partial charge in [0.1, 0.15) is 0 Å². The average molecular weight is 316 g/mol. The van der Waals surface area contributed by atoms with Crippen molar-refractivity contribution in [2.75, 3.05) is 0 Å². The summed E-state index contributed by atoms with van der Waals surface area (Å²) in [5, 5.41) is 0. The van der Waals surface area contributed by atoms with Crippen molar-refractivity contribution in [3.8, 4) is 0 Å². The molecule has 1 aromatic carbocycles. The van der Waals surface area contributed by atoms with Crippen LogP contribution >= 0.6 is 17.9 Å². The van der Waals surface area contributed by atoms with Gasteiger partial charge in [-0.05, 0) is 23.3 Å². The average Bonchev–Trinajstić information content (AvgIpc) is 2.33. The highest BCUT2D eigenvalue weighted by Crippen LogP contribution is 2.67. The van der Waals surface area contributed by atoms with Crippen LogP contribution < -0.4 is 0 Å². The summed E-state index contributed by atoms with van der Waals surface area (Å²) >= 11 is 9.84. The maximum atomic E-state index is 6.02. The predicted molar refractivity (Wildman–Crippen MR) is 87.0 cm³/mol. The second-order valence-corrected chi connectivity index (χ2v) is 11.1. The Morgan fingerprint density at radius 1 is 1.21 bits per heavy atom. The van der Waals surface area contributed by atoms with Crippen LogP contribution in [-0.2, 0) is 20.9 Å². The molecule has 1 aliphatic heterocycles. The maximum absolute atomic E-state index is 6.02. The molecule has 0 saturated carbocycles. The van der Waals surface area contributed by atoms with E-state index >= 15 is 0 Å². The molecule has 0 aromatic heterocycles. The number of hydrogen-bond acceptors (Lipinski definition) is 3. The lowest BCUT2D eigenvalue weighted by atomic mass is 9.74. The SMILES string of the molecule is CC(C)C1OP(=S)(S)OC(c2ccccc2)C1(C)C. The monoisotopic (exact) mass is 316 g/mol. The quantitative estimate of drug-likeness (QED) is 0.613. The van der Waals surface area contributed by atoms with Crippen LogP contribution in [-0.4, -0.2) is 6.10 Å². The first-order chi connectivity index (χ1) is 8.74. The minimum Gasteiger partial charge on any atom is -0.318 e. The summed E-state index contributed by atoms with van der Waals surface area (Å²) in [7, 11) is 0. The molecule has 5 heteroatoms. The molecular weight excluding hydrogens is 295 g/mol. The van der Waals surface area contributed by atoms with Crippen molar-refractivity contribution in [3.63, 3.8) is 0 Å². The van der Waals surface area contributed by atoms with Crippen LogP contribution in [0, 0.1) is 11.3 Å². The summed E-state index contributed by atoms with van der Waals surface area (Å²) in [4.78, 5) is 0. The van der Waals surface area contributed by atoms with Gasteiger partial charge in [-0.15, -0.1) is 0 Å². The largest absolute Gasteiger partial charge is 0.318 e. The minimum atomic E-state index is -2.47. The Kier molecular flexibility index (Phi) is 4.49. The van der Waals surface area contributed by atoms with Gasteiger partial charge in [-0.1, -0.05) is 70.3 Å². The normalized spacial score (nSPS) is 34.4. The zero-order valence-corrected chi connectivity index (χ0v) is 14.3. The van der Waals surface area contributed by atoms with Crippen molar-refractivity contribution in [1.82, 2.24) is 0 Å². The van der Waals surface area contributed by atoms with Crippen LogP contribution in [0.15, 0.2) is 30.3 Å². The molecule has 0 bridgehead atoms. The van der Waals surface area contributed by atoms with E-state index in [-0.39, 0.29) is 17.6 Å². The topological polar surface area (TPSA) is 18.5 Å². The van der Waals surface area contributed by atoms with Gasteiger partial charge in [0, 0.05) is 5.41 Å². The molecule has 1 heterocycles. The summed E-state index contributed by atoms with van der Waals surface area (Å²) in [6.45, 7) is 8.67. The van der Waals surface area contributed by atoms with Gasteiger partial charge < -0.3 is 9.05 Å². The van der Waals surface area contributed by atoms with Gasteiger partial charge in [-0.2, -0.15) is 0 Å². The molecule has 0 N–H and O–H groups in total. The van der Waals surface area contributed by atoms with Crippen LogP contribution in [0.4, 0.5) is 0 Å². The minimum absolute atomic E-state index is 0.0507. The molecule has 1 aliphatic rings.